The summed E-state index contributed by atoms with van der Waals surface area (Å²) in [4.78, 5) is 37.4. The lowest BCUT2D eigenvalue weighted by molar-refractivity contribution is -0.140. The van der Waals surface area contributed by atoms with Gasteiger partial charge in [0.15, 0.2) is 17.3 Å². The highest BCUT2D eigenvalue weighted by Gasteiger charge is 2.47. The van der Waals surface area contributed by atoms with Gasteiger partial charge in [-0.15, -0.1) is 0 Å². The van der Waals surface area contributed by atoms with Crippen LogP contribution in [-0.2, 0) is 16.1 Å². The lowest BCUT2D eigenvalue weighted by Crippen LogP contribution is -2.29. The second kappa shape index (κ2) is 11.8. The van der Waals surface area contributed by atoms with Crippen molar-refractivity contribution in [2.45, 2.75) is 46.7 Å². The zero-order valence-corrected chi connectivity index (χ0v) is 23.7. The number of carbonyl (C=O) groups is 2. The van der Waals surface area contributed by atoms with Gasteiger partial charge in [-0.2, -0.15) is 0 Å². The van der Waals surface area contributed by atoms with Crippen molar-refractivity contribution >= 4 is 23.1 Å². The first kappa shape index (κ1) is 27.9. The monoisotopic (exact) mass is 554 g/mol. The third-order valence-corrected chi connectivity index (χ3v) is 7.08. The number of carbonyl (C=O) groups excluding carboxylic acids is 2. The number of likely N-dealkylation sites (tertiary alicyclic amines) is 1. The zero-order chi connectivity index (χ0) is 29.1. The fourth-order valence-electron chi connectivity index (χ4n) is 5.09. The first-order valence-electron chi connectivity index (χ1n) is 13.8. The van der Waals surface area contributed by atoms with Crippen molar-refractivity contribution in [3.8, 4) is 11.5 Å². The molecule has 1 aliphatic heterocycles. The maximum atomic E-state index is 13.6. The minimum atomic E-state index is -0.882. The van der Waals surface area contributed by atoms with Crippen molar-refractivity contribution in [1.29, 1.82) is 0 Å². The van der Waals surface area contributed by atoms with E-state index in [1.54, 1.807) is 48.1 Å². The van der Waals surface area contributed by atoms with Crippen molar-refractivity contribution in [2.24, 2.45) is 5.92 Å². The third kappa shape index (κ3) is 5.52. The van der Waals surface area contributed by atoms with E-state index in [4.69, 9.17) is 9.47 Å². The molecule has 0 radical (unpaired) electrons. The molecule has 1 fully saturated rings. The van der Waals surface area contributed by atoms with Crippen LogP contribution in [0.1, 0.15) is 55.7 Å². The maximum Gasteiger partial charge on any atom is 0.295 e. The number of ether oxygens (including phenoxy) is 2. The smallest absolute Gasteiger partial charge is 0.295 e. The van der Waals surface area contributed by atoms with Gasteiger partial charge in [0, 0.05) is 25.1 Å². The molecule has 1 aliphatic rings. The maximum absolute atomic E-state index is 13.6. The molecule has 0 spiro atoms. The summed E-state index contributed by atoms with van der Waals surface area (Å²) in [5.41, 5.74) is 2.88. The summed E-state index contributed by atoms with van der Waals surface area (Å²) < 4.78 is 13.7. The molecule has 1 atom stereocenters. The van der Waals surface area contributed by atoms with Crippen LogP contribution < -0.4 is 9.47 Å². The van der Waals surface area contributed by atoms with E-state index >= 15 is 0 Å². The van der Waals surface area contributed by atoms with Crippen LogP contribution >= 0.6 is 0 Å². The summed E-state index contributed by atoms with van der Waals surface area (Å²) in [6.45, 7) is 8.97. The molecule has 1 N–H and O–H groups in total. The molecule has 5 rings (SSSR count). The van der Waals surface area contributed by atoms with E-state index in [1.807, 2.05) is 37.3 Å². The number of pyridine rings is 2. The van der Waals surface area contributed by atoms with Crippen LogP contribution in [0.3, 0.4) is 0 Å². The van der Waals surface area contributed by atoms with Gasteiger partial charge in [-0.1, -0.05) is 32.0 Å². The molecular weight excluding hydrogens is 520 g/mol. The van der Waals surface area contributed by atoms with Crippen LogP contribution in [0.5, 0.6) is 11.5 Å². The number of fused-ring (bicyclic) bond motifs is 1. The Balaban J connectivity index is 1.66. The number of rotatable bonds is 10. The predicted molar refractivity (Wildman–Crippen MR) is 155 cm³/mol. The second-order valence-corrected chi connectivity index (χ2v) is 10.4. The number of aliphatic hydroxyl groups is 1. The first-order valence-corrected chi connectivity index (χ1v) is 13.8. The van der Waals surface area contributed by atoms with Crippen molar-refractivity contribution < 1.29 is 24.2 Å². The molecule has 1 amide bonds. The molecular formula is C32H34N4O5. The zero-order valence-electron chi connectivity index (χ0n) is 23.7. The highest BCUT2D eigenvalue weighted by Crippen LogP contribution is 2.43. The van der Waals surface area contributed by atoms with Crippen molar-refractivity contribution in [1.82, 2.24) is 19.3 Å². The van der Waals surface area contributed by atoms with E-state index in [0.29, 0.717) is 53.2 Å². The minimum Gasteiger partial charge on any atom is -0.505 e. The number of aliphatic hydroxyl groups excluding tert-OH is 1. The molecule has 1 unspecified atom stereocenters. The molecule has 3 aromatic heterocycles. The Morgan fingerprint density at radius 3 is 2.63 bits per heavy atom. The van der Waals surface area contributed by atoms with Crippen LogP contribution in [0, 0.1) is 12.8 Å². The Labute approximate surface area is 239 Å². The Hall–Kier alpha value is -4.66. The van der Waals surface area contributed by atoms with E-state index in [0.717, 1.165) is 12.0 Å². The molecule has 212 valence electrons. The number of benzene rings is 1. The first-order chi connectivity index (χ1) is 19.8. The fourth-order valence-corrected chi connectivity index (χ4v) is 5.09. The Bertz CT molecular complexity index is 1610. The van der Waals surface area contributed by atoms with Gasteiger partial charge in [-0.3, -0.25) is 19.0 Å². The summed E-state index contributed by atoms with van der Waals surface area (Å²) in [6.07, 6.45) is 5.95. The SMILES string of the molecule is CCOc1cc(C2C(=C(O)c3c(C)nc4ccccn34)C(=O)C(=O)N2Cc2cccnc2)ccc1OCCC(C)C. The van der Waals surface area contributed by atoms with Gasteiger partial charge in [-0.05, 0) is 67.6 Å². The molecule has 9 nitrogen and oxygen atoms in total. The van der Waals surface area contributed by atoms with E-state index in [-0.39, 0.29) is 17.9 Å². The number of aromatic nitrogens is 3. The number of nitrogens with zero attached hydrogens (tertiary/aromatic N) is 4. The quantitative estimate of drug-likeness (QED) is 0.157. The van der Waals surface area contributed by atoms with E-state index in [1.165, 1.54) is 4.90 Å². The summed E-state index contributed by atoms with van der Waals surface area (Å²) in [7, 11) is 0. The average molecular weight is 555 g/mol. The van der Waals surface area contributed by atoms with Crippen LogP contribution in [0.4, 0.5) is 0 Å². The molecule has 4 aromatic rings. The van der Waals surface area contributed by atoms with Gasteiger partial charge in [0.25, 0.3) is 11.7 Å². The van der Waals surface area contributed by atoms with Crippen LogP contribution in [0.15, 0.2) is 72.7 Å². The van der Waals surface area contributed by atoms with Gasteiger partial charge in [0.1, 0.15) is 11.3 Å². The van der Waals surface area contributed by atoms with Crippen molar-refractivity contribution in [3.63, 3.8) is 0 Å². The molecule has 0 aliphatic carbocycles. The molecule has 4 heterocycles. The lowest BCUT2D eigenvalue weighted by Gasteiger charge is -2.26. The lowest BCUT2D eigenvalue weighted by atomic mass is 9.95. The molecule has 9 heteroatoms. The fraction of sp³-hybridized carbons (Fsp3) is 0.312. The predicted octanol–water partition coefficient (Wildman–Crippen LogP) is 5.48. The topological polar surface area (TPSA) is 106 Å². The standard InChI is InChI=1S/C32H34N4O5/c1-5-40-25-17-23(11-12-24(25)41-16-13-20(2)3)29-27(30(37)28-21(4)34-26-10-6-7-15-35(26)28)31(38)32(39)36(29)19-22-9-8-14-33-18-22/h6-12,14-15,17-18,20,29,37H,5,13,16,19H2,1-4H3. The summed E-state index contributed by atoms with van der Waals surface area (Å²) in [5.74, 6) is -0.183. The highest BCUT2D eigenvalue weighted by molar-refractivity contribution is 6.46. The normalized spacial score (nSPS) is 16.6. The summed E-state index contributed by atoms with van der Waals surface area (Å²) >= 11 is 0. The molecule has 1 aromatic carbocycles. The van der Waals surface area contributed by atoms with Crippen molar-refractivity contribution in [2.75, 3.05) is 13.2 Å². The minimum absolute atomic E-state index is 0.0106. The number of ketones is 1. The van der Waals surface area contributed by atoms with Gasteiger partial charge in [0.05, 0.1) is 30.5 Å². The number of hydrogen-bond acceptors (Lipinski definition) is 7. The summed E-state index contributed by atoms with van der Waals surface area (Å²) in [6, 6.07) is 13.6. The molecule has 0 saturated carbocycles. The van der Waals surface area contributed by atoms with E-state index in [2.05, 4.69) is 23.8 Å². The van der Waals surface area contributed by atoms with Crippen molar-refractivity contribution in [3.05, 3.63) is 95.2 Å². The number of hydrogen-bond donors (Lipinski definition) is 1. The number of aryl methyl sites for hydroxylation is 1. The average Bonchev–Trinajstić information content (AvgIpc) is 3.42. The Kier molecular flexibility index (Phi) is 8.05. The van der Waals surface area contributed by atoms with Crippen LogP contribution in [0.25, 0.3) is 11.4 Å². The van der Waals surface area contributed by atoms with E-state index in [9.17, 15) is 14.7 Å². The second-order valence-electron chi connectivity index (χ2n) is 10.4. The number of amides is 1. The van der Waals surface area contributed by atoms with Crippen LogP contribution in [-0.4, -0.2) is 49.3 Å². The number of Topliss-reactive ketones (excluding diaryl/α,β-unsaturated/α-hetero) is 1. The highest BCUT2D eigenvalue weighted by atomic mass is 16.5. The van der Waals surface area contributed by atoms with Gasteiger partial charge < -0.3 is 19.5 Å². The Morgan fingerprint density at radius 1 is 1.07 bits per heavy atom. The Morgan fingerprint density at radius 2 is 1.90 bits per heavy atom. The molecule has 41 heavy (non-hydrogen) atoms. The van der Waals surface area contributed by atoms with Crippen LogP contribution in [0.2, 0.25) is 0 Å². The third-order valence-electron chi connectivity index (χ3n) is 7.08. The molecule has 0 bridgehead atoms. The summed E-state index contributed by atoms with van der Waals surface area (Å²) in [5, 5.41) is 11.7. The van der Waals surface area contributed by atoms with Gasteiger partial charge >= 0.3 is 0 Å². The van der Waals surface area contributed by atoms with E-state index < -0.39 is 17.7 Å². The molecule has 1 saturated heterocycles. The number of imidazole rings is 1. The van der Waals surface area contributed by atoms with Gasteiger partial charge in [-0.25, -0.2) is 4.98 Å². The van der Waals surface area contributed by atoms with Gasteiger partial charge in [0.2, 0.25) is 0 Å². The largest absolute Gasteiger partial charge is 0.505 e.